The van der Waals surface area contributed by atoms with Crippen molar-refractivity contribution in [2.45, 2.75) is 18.9 Å². The van der Waals surface area contributed by atoms with Gasteiger partial charge in [0.2, 0.25) is 5.91 Å². The molecule has 1 saturated carbocycles. The Morgan fingerprint density at radius 1 is 1.40 bits per heavy atom. The van der Waals surface area contributed by atoms with Crippen molar-refractivity contribution in [1.29, 1.82) is 0 Å². The van der Waals surface area contributed by atoms with Crippen LogP contribution in [0.15, 0.2) is 30.3 Å². The normalized spacial score (nSPS) is 24.4. The van der Waals surface area contributed by atoms with Crippen molar-refractivity contribution in [1.82, 2.24) is 10.2 Å². The molecule has 1 amide bonds. The lowest BCUT2D eigenvalue weighted by atomic mass is 10.0. The highest BCUT2D eigenvalue weighted by molar-refractivity contribution is 5.85. The Balaban J connectivity index is 1.68. The summed E-state index contributed by atoms with van der Waals surface area (Å²) in [7, 11) is 1.68. The highest BCUT2D eigenvalue weighted by atomic mass is 16.5. The summed E-state index contributed by atoms with van der Waals surface area (Å²) in [5.74, 6) is 0.279. The molecule has 0 aromatic heterocycles. The van der Waals surface area contributed by atoms with Gasteiger partial charge in [0.15, 0.2) is 0 Å². The Kier molecular flexibility index (Phi) is 3.76. The van der Waals surface area contributed by atoms with Gasteiger partial charge in [-0.2, -0.15) is 0 Å². The van der Waals surface area contributed by atoms with E-state index >= 15 is 0 Å². The predicted molar refractivity (Wildman–Crippen MR) is 77.3 cm³/mol. The number of nitrogens with one attached hydrogen (secondary N) is 1. The maximum absolute atomic E-state index is 12.7. The quantitative estimate of drug-likeness (QED) is 0.906. The molecule has 2 aliphatic rings. The van der Waals surface area contributed by atoms with E-state index in [4.69, 9.17) is 4.74 Å². The Labute approximate surface area is 120 Å². The minimum absolute atomic E-state index is 0.215. The summed E-state index contributed by atoms with van der Waals surface area (Å²) < 4.78 is 5.23. The maximum atomic E-state index is 12.7. The molecular formula is C16H22N2O2. The van der Waals surface area contributed by atoms with E-state index in [1.807, 2.05) is 23.1 Å². The third-order valence-electron chi connectivity index (χ3n) is 4.39. The number of carbonyl (C=O) groups excluding carboxylic acids is 1. The highest BCUT2D eigenvalue weighted by Crippen LogP contribution is 2.47. The van der Waals surface area contributed by atoms with E-state index < -0.39 is 0 Å². The molecule has 1 aliphatic heterocycles. The molecule has 1 N–H and O–H groups in total. The number of nitrogens with zero attached hydrogens (tertiary/aromatic N) is 1. The maximum Gasteiger partial charge on any atom is 0.231 e. The molecule has 4 nitrogen and oxygen atoms in total. The summed E-state index contributed by atoms with van der Waals surface area (Å²) in [5.41, 5.74) is 1.04. The van der Waals surface area contributed by atoms with Crippen molar-refractivity contribution >= 4 is 5.91 Å². The van der Waals surface area contributed by atoms with Crippen LogP contribution in [-0.4, -0.2) is 44.2 Å². The van der Waals surface area contributed by atoms with E-state index in [0.29, 0.717) is 6.61 Å². The lowest BCUT2D eigenvalue weighted by molar-refractivity contribution is -0.140. The van der Waals surface area contributed by atoms with Crippen molar-refractivity contribution in [3.05, 3.63) is 35.9 Å². The second kappa shape index (κ2) is 5.54. The van der Waals surface area contributed by atoms with Crippen LogP contribution >= 0.6 is 0 Å². The van der Waals surface area contributed by atoms with Gasteiger partial charge >= 0.3 is 0 Å². The molecule has 0 radical (unpaired) electrons. The zero-order valence-electron chi connectivity index (χ0n) is 12.0. The summed E-state index contributed by atoms with van der Waals surface area (Å²) in [6.07, 6.45) is 1.94. The van der Waals surface area contributed by atoms with Gasteiger partial charge in [-0.15, -0.1) is 0 Å². The topological polar surface area (TPSA) is 41.6 Å². The molecule has 1 heterocycles. The van der Waals surface area contributed by atoms with Crippen molar-refractivity contribution in [3.8, 4) is 0 Å². The van der Waals surface area contributed by atoms with Crippen LogP contribution in [0.3, 0.4) is 0 Å². The SMILES string of the molecule is COCC1(C(=O)N2CCN[C@@H](c3ccccc3)C2)CC1. The van der Waals surface area contributed by atoms with Crippen LogP contribution in [0, 0.1) is 5.41 Å². The first kappa shape index (κ1) is 13.6. The third-order valence-corrected chi connectivity index (χ3v) is 4.39. The van der Waals surface area contributed by atoms with Gasteiger partial charge in [-0.3, -0.25) is 4.79 Å². The molecule has 1 aromatic rings. The average Bonchev–Trinajstić information content (AvgIpc) is 3.29. The van der Waals surface area contributed by atoms with Gasteiger partial charge in [0, 0.05) is 32.8 Å². The fraction of sp³-hybridized carbons (Fsp3) is 0.562. The number of benzene rings is 1. The van der Waals surface area contributed by atoms with E-state index in [0.717, 1.165) is 32.5 Å². The van der Waals surface area contributed by atoms with Crippen LogP contribution in [0.2, 0.25) is 0 Å². The molecule has 1 aliphatic carbocycles. The molecule has 108 valence electrons. The van der Waals surface area contributed by atoms with Gasteiger partial charge < -0.3 is 15.0 Å². The first-order valence-electron chi connectivity index (χ1n) is 7.32. The molecule has 20 heavy (non-hydrogen) atoms. The fourth-order valence-corrected chi connectivity index (χ4v) is 3.03. The molecule has 0 unspecified atom stereocenters. The summed E-state index contributed by atoms with van der Waals surface area (Å²) in [6, 6.07) is 10.6. The summed E-state index contributed by atoms with van der Waals surface area (Å²) in [5, 5.41) is 3.50. The number of methoxy groups -OCH3 is 1. The number of rotatable bonds is 4. The number of hydrogen-bond donors (Lipinski definition) is 1. The number of amides is 1. The second-order valence-electron chi connectivity index (χ2n) is 5.88. The first-order valence-corrected chi connectivity index (χ1v) is 7.32. The fourth-order valence-electron chi connectivity index (χ4n) is 3.03. The molecule has 2 fully saturated rings. The largest absolute Gasteiger partial charge is 0.384 e. The smallest absolute Gasteiger partial charge is 0.231 e. The highest BCUT2D eigenvalue weighted by Gasteiger charge is 2.52. The minimum Gasteiger partial charge on any atom is -0.384 e. The summed E-state index contributed by atoms with van der Waals surface area (Å²) >= 11 is 0. The molecule has 3 rings (SSSR count). The van der Waals surface area contributed by atoms with Crippen molar-refractivity contribution < 1.29 is 9.53 Å². The Hall–Kier alpha value is -1.39. The number of ether oxygens (including phenoxy) is 1. The standard InChI is InChI=1S/C16H22N2O2/c1-20-12-16(7-8-16)15(19)18-10-9-17-14(11-18)13-5-3-2-4-6-13/h2-6,14,17H,7-12H2,1H3/t14-/m1/s1. The molecular weight excluding hydrogens is 252 g/mol. The predicted octanol–water partition coefficient (Wildman–Crippen LogP) is 1.59. The summed E-state index contributed by atoms with van der Waals surface area (Å²) in [4.78, 5) is 14.7. The van der Waals surface area contributed by atoms with Crippen molar-refractivity contribution in [3.63, 3.8) is 0 Å². The van der Waals surface area contributed by atoms with E-state index in [9.17, 15) is 4.79 Å². The molecule has 4 heteroatoms. The monoisotopic (exact) mass is 274 g/mol. The molecule has 1 atom stereocenters. The van der Waals surface area contributed by atoms with E-state index in [1.165, 1.54) is 5.56 Å². The van der Waals surface area contributed by atoms with Gasteiger partial charge in [0.25, 0.3) is 0 Å². The number of carbonyl (C=O) groups is 1. The van der Waals surface area contributed by atoms with Crippen molar-refractivity contribution in [2.24, 2.45) is 5.41 Å². The van der Waals surface area contributed by atoms with Crippen LogP contribution in [0.4, 0.5) is 0 Å². The Bertz CT molecular complexity index is 471. The lowest BCUT2D eigenvalue weighted by Crippen LogP contribution is -2.51. The number of hydrogen-bond acceptors (Lipinski definition) is 3. The van der Waals surface area contributed by atoms with Crippen LogP contribution < -0.4 is 5.32 Å². The molecule has 0 spiro atoms. The van der Waals surface area contributed by atoms with Crippen LogP contribution in [0.5, 0.6) is 0 Å². The zero-order valence-corrected chi connectivity index (χ0v) is 12.0. The van der Waals surface area contributed by atoms with Crippen molar-refractivity contribution in [2.75, 3.05) is 33.4 Å². The average molecular weight is 274 g/mol. The van der Waals surface area contributed by atoms with E-state index in [-0.39, 0.29) is 17.4 Å². The molecule has 1 saturated heterocycles. The Morgan fingerprint density at radius 2 is 2.15 bits per heavy atom. The van der Waals surface area contributed by atoms with Crippen LogP contribution in [-0.2, 0) is 9.53 Å². The molecule has 0 bridgehead atoms. The first-order chi connectivity index (χ1) is 9.75. The van der Waals surface area contributed by atoms with E-state index in [2.05, 4.69) is 17.4 Å². The van der Waals surface area contributed by atoms with Crippen LogP contribution in [0.25, 0.3) is 0 Å². The lowest BCUT2D eigenvalue weighted by Gasteiger charge is -2.36. The van der Waals surface area contributed by atoms with Gasteiger partial charge in [-0.1, -0.05) is 30.3 Å². The Morgan fingerprint density at radius 3 is 2.80 bits per heavy atom. The van der Waals surface area contributed by atoms with Gasteiger partial charge in [-0.25, -0.2) is 0 Å². The van der Waals surface area contributed by atoms with Gasteiger partial charge in [-0.05, 0) is 18.4 Å². The number of piperazine rings is 1. The van der Waals surface area contributed by atoms with Gasteiger partial charge in [0.1, 0.15) is 0 Å². The van der Waals surface area contributed by atoms with Gasteiger partial charge in [0.05, 0.1) is 12.0 Å². The molecule has 1 aromatic carbocycles. The zero-order chi connectivity index (χ0) is 14.0. The third kappa shape index (κ3) is 2.58. The summed E-state index contributed by atoms with van der Waals surface area (Å²) in [6.45, 7) is 2.97. The minimum atomic E-state index is -0.215. The second-order valence-corrected chi connectivity index (χ2v) is 5.88. The van der Waals surface area contributed by atoms with E-state index in [1.54, 1.807) is 7.11 Å². The van der Waals surface area contributed by atoms with Crippen LogP contribution in [0.1, 0.15) is 24.4 Å².